The summed E-state index contributed by atoms with van der Waals surface area (Å²) in [7, 11) is 0. The highest BCUT2D eigenvalue weighted by atomic mass is 35.5. The minimum absolute atomic E-state index is 0.194. The second-order valence-corrected chi connectivity index (χ2v) is 7.36. The molecule has 3 nitrogen and oxygen atoms in total. The summed E-state index contributed by atoms with van der Waals surface area (Å²) in [6.07, 6.45) is 2.67. The Balaban J connectivity index is 1.66. The van der Waals surface area contributed by atoms with Gasteiger partial charge in [0.05, 0.1) is 6.04 Å². The third kappa shape index (κ3) is 3.84. The number of fused-ring (bicyclic) bond motifs is 1. The van der Waals surface area contributed by atoms with Gasteiger partial charge in [-0.1, -0.05) is 41.9 Å². The van der Waals surface area contributed by atoms with E-state index in [-0.39, 0.29) is 6.04 Å². The molecule has 132 valence electrons. The van der Waals surface area contributed by atoms with Crippen LogP contribution in [0.4, 0.5) is 0 Å². The Bertz CT molecular complexity index is 700. The molecule has 1 unspecified atom stereocenters. The van der Waals surface area contributed by atoms with Crippen LogP contribution in [0.15, 0.2) is 48.5 Å². The average molecular weight is 357 g/mol. The maximum atomic E-state index is 6.33. The zero-order valence-electron chi connectivity index (χ0n) is 14.5. The predicted molar refractivity (Wildman–Crippen MR) is 102 cm³/mol. The van der Waals surface area contributed by atoms with Gasteiger partial charge in [-0.15, -0.1) is 0 Å². The molecule has 0 aliphatic carbocycles. The lowest BCUT2D eigenvalue weighted by Crippen LogP contribution is -2.37. The number of benzene rings is 2. The van der Waals surface area contributed by atoms with E-state index in [1.165, 1.54) is 37.1 Å². The topological polar surface area (TPSA) is 15.7 Å². The van der Waals surface area contributed by atoms with Gasteiger partial charge >= 0.3 is 0 Å². The summed E-state index contributed by atoms with van der Waals surface area (Å²) >= 11 is 6.33. The number of hydrogen-bond donors (Lipinski definition) is 0. The smallest absolute Gasteiger partial charge is 0.124 e. The summed E-state index contributed by atoms with van der Waals surface area (Å²) in [5.74, 6) is 0.960. The molecule has 2 aliphatic heterocycles. The average Bonchev–Trinajstić information content (AvgIpc) is 3.09. The number of hydrogen-bond acceptors (Lipinski definition) is 3. The number of likely N-dealkylation sites (tertiary alicyclic amines) is 1. The van der Waals surface area contributed by atoms with E-state index in [1.807, 2.05) is 12.1 Å². The zero-order valence-corrected chi connectivity index (χ0v) is 15.3. The Morgan fingerprint density at radius 1 is 0.960 bits per heavy atom. The minimum Gasteiger partial charge on any atom is -0.492 e. The van der Waals surface area contributed by atoms with Crippen LogP contribution in [0.25, 0.3) is 0 Å². The van der Waals surface area contributed by atoms with Crippen LogP contribution < -0.4 is 4.74 Å². The van der Waals surface area contributed by atoms with Gasteiger partial charge in [0.2, 0.25) is 0 Å². The molecule has 4 rings (SSSR count). The molecule has 4 heteroatoms. The molecule has 25 heavy (non-hydrogen) atoms. The van der Waals surface area contributed by atoms with E-state index < -0.39 is 0 Å². The van der Waals surface area contributed by atoms with Gasteiger partial charge in [0.1, 0.15) is 12.4 Å². The van der Waals surface area contributed by atoms with E-state index in [0.29, 0.717) is 0 Å². The molecule has 0 aromatic heterocycles. The van der Waals surface area contributed by atoms with Crippen molar-refractivity contribution < 1.29 is 4.74 Å². The van der Waals surface area contributed by atoms with Crippen molar-refractivity contribution in [1.82, 2.24) is 9.80 Å². The van der Waals surface area contributed by atoms with Crippen LogP contribution in [0.5, 0.6) is 5.75 Å². The lowest BCUT2D eigenvalue weighted by atomic mass is 9.96. The highest BCUT2D eigenvalue weighted by molar-refractivity contribution is 6.30. The van der Waals surface area contributed by atoms with E-state index in [4.69, 9.17) is 16.3 Å². The maximum absolute atomic E-state index is 6.33. The molecule has 0 saturated carbocycles. The Kier molecular flexibility index (Phi) is 5.25. The van der Waals surface area contributed by atoms with Crippen molar-refractivity contribution in [2.24, 2.45) is 0 Å². The number of nitrogens with zero attached hydrogens (tertiary/aromatic N) is 2. The second-order valence-electron chi connectivity index (χ2n) is 6.93. The first-order valence-corrected chi connectivity index (χ1v) is 9.63. The molecule has 1 atom stereocenters. The van der Waals surface area contributed by atoms with Crippen molar-refractivity contribution in [2.45, 2.75) is 18.9 Å². The van der Waals surface area contributed by atoms with Crippen molar-refractivity contribution in [3.63, 3.8) is 0 Å². The van der Waals surface area contributed by atoms with Gasteiger partial charge in [0.25, 0.3) is 0 Å². The first kappa shape index (κ1) is 16.9. The monoisotopic (exact) mass is 356 g/mol. The molecule has 0 radical (unpaired) electrons. The third-order valence-corrected chi connectivity index (χ3v) is 5.52. The molecular weight excluding hydrogens is 332 g/mol. The van der Waals surface area contributed by atoms with E-state index in [1.54, 1.807) is 0 Å². The van der Waals surface area contributed by atoms with E-state index in [0.717, 1.165) is 37.0 Å². The van der Waals surface area contributed by atoms with Crippen LogP contribution in [0, 0.1) is 0 Å². The van der Waals surface area contributed by atoms with Gasteiger partial charge in [-0.25, -0.2) is 0 Å². The Hall–Kier alpha value is -1.55. The highest BCUT2D eigenvalue weighted by Gasteiger charge is 2.28. The molecule has 1 fully saturated rings. The summed E-state index contributed by atoms with van der Waals surface area (Å²) in [4.78, 5) is 5.13. The molecule has 2 heterocycles. The number of rotatable bonds is 4. The molecule has 2 aromatic carbocycles. The molecular formula is C21H25ClN2O. The SMILES string of the molecule is Clc1ccc2c(c1)C(c1ccccc1)N(CCN1CCCC1)CCO2. The van der Waals surface area contributed by atoms with Crippen LogP contribution in [-0.2, 0) is 0 Å². The standard InChI is InChI=1S/C21H25ClN2O/c22-18-8-9-20-19(16-18)21(17-6-2-1-3-7-17)24(14-15-25-20)13-12-23-10-4-5-11-23/h1-3,6-9,16,21H,4-5,10-15H2. The van der Waals surface area contributed by atoms with Crippen LogP contribution in [-0.4, -0.2) is 49.1 Å². The van der Waals surface area contributed by atoms with Crippen LogP contribution in [0.2, 0.25) is 5.02 Å². The van der Waals surface area contributed by atoms with Gasteiger partial charge in [0, 0.05) is 30.2 Å². The predicted octanol–water partition coefficient (Wildman–Crippen LogP) is 4.22. The van der Waals surface area contributed by atoms with Crippen molar-refractivity contribution in [3.05, 3.63) is 64.7 Å². The maximum Gasteiger partial charge on any atom is 0.124 e. The largest absolute Gasteiger partial charge is 0.492 e. The van der Waals surface area contributed by atoms with E-state index in [9.17, 15) is 0 Å². The van der Waals surface area contributed by atoms with E-state index >= 15 is 0 Å². The lowest BCUT2D eigenvalue weighted by Gasteiger charge is -2.32. The van der Waals surface area contributed by atoms with Crippen LogP contribution in [0.1, 0.15) is 30.0 Å². The Labute approximate surface area is 155 Å². The van der Waals surface area contributed by atoms with Crippen molar-refractivity contribution in [2.75, 3.05) is 39.3 Å². The molecule has 2 aromatic rings. The molecule has 0 bridgehead atoms. The zero-order chi connectivity index (χ0) is 17.1. The Morgan fingerprint density at radius 2 is 1.76 bits per heavy atom. The van der Waals surface area contributed by atoms with Gasteiger partial charge < -0.3 is 9.64 Å². The fourth-order valence-electron chi connectivity index (χ4n) is 4.01. The third-order valence-electron chi connectivity index (χ3n) is 5.29. The lowest BCUT2D eigenvalue weighted by molar-refractivity contribution is 0.177. The fourth-order valence-corrected chi connectivity index (χ4v) is 4.19. The fraction of sp³-hybridized carbons (Fsp3) is 0.429. The van der Waals surface area contributed by atoms with E-state index in [2.05, 4.69) is 46.2 Å². The number of halogens is 1. The number of ether oxygens (including phenoxy) is 1. The molecule has 1 saturated heterocycles. The normalized spacial score (nSPS) is 21.6. The summed E-state index contributed by atoms with van der Waals surface area (Å²) in [6.45, 7) is 6.30. The molecule has 0 spiro atoms. The van der Waals surface area contributed by atoms with Crippen molar-refractivity contribution in [3.8, 4) is 5.75 Å². The molecule has 0 N–H and O–H groups in total. The molecule has 0 amide bonds. The quantitative estimate of drug-likeness (QED) is 0.815. The van der Waals surface area contributed by atoms with Gasteiger partial charge in [-0.05, 0) is 49.7 Å². The van der Waals surface area contributed by atoms with Crippen LogP contribution in [0.3, 0.4) is 0 Å². The van der Waals surface area contributed by atoms with Crippen molar-refractivity contribution in [1.29, 1.82) is 0 Å². The highest BCUT2D eigenvalue weighted by Crippen LogP contribution is 2.38. The minimum atomic E-state index is 0.194. The second kappa shape index (κ2) is 7.77. The Morgan fingerprint density at radius 3 is 2.56 bits per heavy atom. The summed E-state index contributed by atoms with van der Waals surface area (Å²) in [5, 5.41) is 0.768. The summed E-state index contributed by atoms with van der Waals surface area (Å²) in [6, 6.07) is 16.9. The summed E-state index contributed by atoms with van der Waals surface area (Å²) < 4.78 is 6.04. The van der Waals surface area contributed by atoms with Gasteiger partial charge in [0.15, 0.2) is 0 Å². The van der Waals surface area contributed by atoms with Crippen molar-refractivity contribution >= 4 is 11.6 Å². The van der Waals surface area contributed by atoms with Gasteiger partial charge in [-0.2, -0.15) is 0 Å². The first-order valence-electron chi connectivity index (χ1n) is 9.25. The molecule has 2 aliphatic rings. The first-order chi connectivity index (χ1) is 12.3. The van der Waals surface area contributed by atoms with Gasteiger partial charge in [-0.3, -0.25) is 4.90 Å². The van der Waals surface area contributed by atoms with Crippen LogP contribution >= 0.6 is 11.6 Å². The summed E-state index contributed by atoms with van der Waals surface area (Å²) in [5.41, 5.74) is 2.48.